The van der Waals surface area contributed by atoms with Gasteiger partial charge in [0.05, 0.1) is 18.3 Å². The number of benzene rings is 1. The van der Waals surface area contributed by atoms with Crippen LogP contribution in [0.1, 0.15) is 69.5 Å². The Morgan fingerprint density at radius 2 is 1.63 bits per heavy atom. The first-order chi connectivity index (χ1) is 12.5. The van der Waals surface area contributed by atoms with Crippen LogP contribution in [0.3, 0.4) is 0 Å². The van der Waals surface area contributed by atoms with Crippen molar-refractivity contribution in [2.75, 3.05) is 13.2 Å². The summed E-state index contributed by atoms with van der Waals surface area (Å²) in [5.41, 5.74) is 2.73. The summed E-state index contributed by atoms with van der Waals surface area (Å²) >= 11 is 0. The molecule has 0 radical (unpaired) electrons. The van der Waals surface area contributed by atoms with E-state index < -0.39 is 6.10 Å². The summed E-state index contributed by atoms with van der Waals surface area (Å²) in [7, 11) is 0. The standard InChI is InChI=1S/C23H35NO2.ClH/c1-3-17-4-6-21(7-5-17)16(2)24-14-22(25)15-26-23-11-18-8-19(12-23)10-20(9-18)13-23;/h4-7,16,18-20,22,24-25H,3,8-15H2,1-2H3;1H. The molecule has 0 aliphatic heterocycles. The third kappa shape index (κ3) is 4.87. The molecule has 27 heavy (non-hydrogen) atoms. The Morgan fingerprint density at radius 3 is 2.15 bits per heavy atom. The molecule has 1 aromatic rings. The van der Waals surface area contributed by atoms with E-state index in [1.54, 1.807) is 0 Å². The fourth-order valence-corrected chi connectivity index (χ4v) is 6.01. The number of aliphatic hydroxyl groups excluding tert-OH is 1. The molecule has 0 saturated heterocycles. The summed E-state index contributed by atoms with van der Waals surface area (Å²) in [6, 6.07) is 9.01. The molecule has 1 aromatic carbocycles. The topological polar surface area (TPSA) is 41.5 Å². The normalized spacial score (nSPS) is 33.5. The van der Waals surface area contributed by atoms with Crippen molar-refractivity contribution in [1.82, 2.24) is 5.32 Å². The van der Waals surface area contributed by atoms with Crippen molar-refractivity contribution in [3.8, 4) is 0 Å². The lowest BCUT2D eigenvalue weighted by molar-refractivity contribution is -0.174. The average Bonchev–Trinajstić information content (AvgIpc) is 2.63. The van der Waals surface area contributed by atoms with E-state index in [2.05, 4.69) is 43.4 Å². The number of halogens is 1. The molecule has 0 spiro atoms. The quantitative estimate of drug-likeness (QED) is 0.674. The van der Waals surface area contributed by atoms with Crippen molar-refractivity contribution in [3.05, 3.63) is 35.4 Å². The van der Waals surface area contributed by atoms with Crippen molar-refractivity contribution in [2.24, 2.45) is 17.8 Å². The molecular formula is C23H36ClNO2. The van der Waals surface area contributed by atoms with Gasteiger partial charge in [0.2, 0.25) is 0 Å². The number of rotatable bonds is 8. The molecule has 4 aliphatic rings. The Morgan fingerprint density at radius 1 is 1.07 bits per heavy atom. The molecule has 2 atom stereocenters. The minimum atomic E-state index is -0.430. The van der Waals surface area contributed by atoms with Crippen molar-refractivity contribution in [3.63, 3.8) is 0 Å². The maximum absolute atomic E-state index is 10.4. The van der Waals surface area contributed by atoms with Crippen molar-refractivity contribution >= 4 is 12.4 Å². The lowest BCUT2D eigenvalue weighted by Crippen LogP contribution is -2.53. The molecule has 4 heteroatoms. The van der Waals surface area contributed by atoms with Gasteiger partial charge in [-0.15, -0.1) is 12.4 Å². The molecule has 2 unspecified atom stereocenters. The number of aryl methyl sites for hydroxylation is 1. The van der Waals surface area contributed by atoms with Gasteiger partial charge in [-0.05, 0) is 80.8 Å². The highest BCUT2D eigenvalue weighted by atomic mass is 35.5. The highest BCUT2D eigenvalue weighted by Crippen LogP contribution is 2.57. The molecular weight excluding hydrogens is 358 g/mol. The highest BCUT2D eigenvalue weighted by Gasteiger charge is 2.51. The Bertz CT molecular complexity index is 568. The van der Waals surface area contributed by atoms with E-state index in [0.717, 1.165) is 24.2 Å². The number of hydrogen-bond donors (Lipinski definition) is 2. The predicted octanol–water partition coefficient (Wildman–Crippen LogP) is 4.67. The third-order valence-corrected chi connectivity index (χ3v) is 7.11. The molecule has 4 aliphatic carbocycles. The van der Waals surface area contributed by atoms with Gasteiger partial charge in [-0.3, -0.25) is 0 Å². The van der Waals surface area contributed by atoms with Crippen molar-refractivity contribution in [2.45, 2.75) is 76.5 Å². The van der Waals surface area contributed by atoms with Gasteiger partial charge in [-0.2, -0.15) is 0 Å². The van der Waals surface area contributed by atoms with E-state index >= 15 is 0 Å². The number of nitrogens with one attached hydrogen (secondary N) is 1. The van der Waals surface area contributed by atoms with Gasteiger partial charge in [0, 0.05) is 12.6 Å². The number of hydrogen-bond acceptors (Lipinski definition) is 3. The molecule has 4 fully saturated rings. The fourth-order valence-electron chi connectivity index (χ4n) is 6.01. The summed E-state index contributed by atoms with van der Waals surface area (Å²) in [4.78, 5) is 0. The van der Waals surface area contributed by atoms with Crippen LogP contribution in [0, 0.1) is 17.8 Å². The van der Waals surface area contributed by atoms with Crippen LogP contribution in [0.4, 0.5) is 0 Å². The zero-order valence-electron chi connectivity index (χ0n) is 16.8. The summed E-state index contributed by atoms with van der Waals surface area (Å²) in [5, 5.41) is 13.9. The van der Waals surface area contributed by atoms with Crippen LogP contribution in [0.2, 0.25) is 0 Å². The van der Waals surface area contributed by atoms with E-state index in [9.17, 15) is 5.11 Å². The van der Waals surface area contributed by atoms with Crippen LogP contribution >= 0.6 is 12.4 Å². The summed E-state index contributed by atoms with van der Waals surface area (Å²) in [5.74, 6) is 2.67. The Labute approximate surface area is 170 Å². The second kappa shape index (κ2) is 8.82. The van der Waals surface area contributed by atoms with Gasteiger partial charge in [0.1, 0.15) is 0 Å². The number of aliphatic hydroxyl groups is 1. The van der Waals surface area contributed by atoms with Crippen molar-refractivity contribution in [1.29, 1.82) is 0 Å². The molecule has 0 amide bonds. The maximum atomic E-state index is 10.4. The van der Waals surface area contributed by atoms with Crippen molar-refractivity contribution < 1.29 is 9.84 Å². The van der Waals surface area contributed by atoms with Gasteiger partial charge >= 0.3 is 0 Å². The summed E-state index contributed by atoms with van der Waals surface area (Å²) < 4.78 is 6.38. The SMILES string of the molecule is CCc1ccc(C(C)NCC(O)COC23CC4CC(CC(C4)C2)C3)cc1.Cl. The van der Waals surface area contributed by atoms with Crippen LogP contribution in [0.15, 0.2) is 24.3 Å². The van der Waals surface area contributed by atoms with Crippen LogP contribution in [0.25, 0.3) is 0 Å². The molecule has 2 N–H and O–H groups in total. The smallest absolute Gasteiger partial charge is 0.0898 e. The van der Waals surface area contributed by atoms with E-state index in [1.807, 2.05) is 0 Å². The highest BCUT2D eigenvalue weighted by molar-refractivity contribution is 5.85. The van der Waals surface area contributed by atoms with E-state index in [4.69, 9.17) is 4.74 Å². The largest absolute Gasteiger partial charge is 0.389 e. The van der Waals surface area contributed by atoms with E-state index in [-0.39, 0.29) is 24.0 Å². The monoisotopic (exact) mass is 393 g/mol. The lowest BCUT2D eigenvalue weighted by Gasteiger charge is -2.56. The first kappa shape index (κ1) is 21.1. The van der Waals surface area contributed by atoms with Crippen LogP contribution in [0.5, 0.6) is 0 Å². The molecule has 4 saturated carbocycles. The molecule has 4 bridgehead atoms. The minimum absolute atomic E-state index is 0. The van der Waals surface area contributed by atoms with Gasteiger partial charge in [-0.1, -0.05) is 31.2 Å². The first-order valence-corrected chi connectivity index (χ1v) is 10.7. The summed E-state index contributed by atoms with van der Waals surface area (Å²) in [6.07, 6.45) is 8.64. The Balaban J connectivity index is 0.00000210. The lowest BCUT2D eigenvalue weighted by atomic mass is 9.54. The van der Waals surface area contributed by atoms with Crippen LogP contribution in [-0.2, 0) is 11.2 Å². The predicted molar refractivity (Wildman–Crippen MR) is 112 cm³/mol. The van der Waals surface area contributed by atoms with E-state index in [0.29, 0.717) is 13.2 Å². The first-order valence-electron chi connectivity index (χ1n) is 10.7. The minimum Gasteiger partial charge on any atom is -0.389 e. The zero-order chi connectivity index (χ0) is 18.1. The molecule has 5 rings (SSSR count). The number of ether oxygens (including phenoxy) is 1. The molecule has 0 aromatic heterocycles. The Hall–Kier alpha value is -0.610. The Kier molecular flexibility index (Phi) is 6.89. The maximum Gasteiger partial charge on any atom is 0.0898 e. The molecule has 0 heterocycles. The van der Waals surface area contributed by atoms with Crippen LogP contribution < -0.4 is 5.32 Å². The van der Waals surface area contributed by atoms with Gasteiger partial charge < -0.3 is 15.2 Å². The van der Waals surface area contributed by atoms with Gasteiger partial charge in [0.25, 0.3) is 0 Å². The average molecular weight is 394 g/mol. The van der Waals surface area contributed by atoms with Gasteiger partial charge in [0.15, 0.2) is 0 Å². The second-order valence-electron chi connectivity index (χ2n) is 9.29. The zero-order valence-corrected chi connectivity index (χ0v) is 17.6. The summed E-state index contributed by atoms with van der Waals surface area (Å²) in [6.45, 7) is 5.40. The molecule has 152 valence electrons. The third-order valence-electron chi connectivity index (χ3n) is 7.11. The molecule has 3 nitrogen and oxygen atoms in total. The van der Waals surface area contributed by atoms with Crippen LogP contribution in [-0.4, -0.2) is 30.0 Å². The van der Waals surface area contributed by atoms with E-state index in [1.165, 1.54) is 49.7 Å². The second-order valence-corrected chi connectivity index (χ2v) is 9.29. The fraction of sp³-hybridized carbons (Fsp3) is 0.739. The van der Waals surface area contributed by atoms with Gasteiger partial charge in [-0.25, -0.2) is 0 Å².